The van der Waals surface area contributed by atoms with E-state index in [0.717, 1.165) is 25.7 Å². The van der Waals surface area contributed by atoms with E-state index in [4.69, 9.17) is 58.0 Å². The summed E-state index contributed by atoms with van der Waals surface area (Å²) in [4.78, 5) is 33.4. The topological polar surface area (TPSA) is 385 Å². The van der Waals surface area contributed by atoms with E-state index in [1.807, 2.05) is 33.8 Å². The molecule has 2 aromatic carbocycles. The highest BCUT2D eigenvalue weighted by Gasteiger charge is 2.66. The molecule has 476 valence electrons. The van der Waals surface area contributed by atoms with Crippen molar-refractivity contribution in [2.24, 2.45) is 11.8 Å². The highest BCUT2D eigenvalue weighted by molar-refractivity contribution is 7.52. The summed E-state index contributed by atoms with van der Waals surface area (Å²) >= 11 is 0. The van der Waals surface area contributed by atoms with Crippen molar-refractivity contribution in [3.63, 3.8) is 0 Å². The molecule has 8 N–H and O–H groups in total. The van der Waals surface area contributed by atoms with Gasteiger partial charge >= 0.3 is 27.4 Å². The molecule has 9 rings (SSSR count). The van der Waals surface area contributed by atoms with Gasteiger partial charge in [0.25, 0.3) is 0 Å². The number of hydrogen-bond donors (Lipinski definition) is 6. The number of nitrogen functional groups attached to an aromatic ring is 2. The summed E-state index contributed by atoms with van der Waals surface area (Å²) in [5.74, 6) is -1.12. The number of nitrogens with one attached hydrogen (secondary N) is 2. The summed E-state index contributed by atoms with van der Waals surface area (Å²) in [5.41, 5.74) is 9.45. The fourth-order valence-electron chi connectivity index (χ4n) is 10.1. The van der Waals surface area contributed by atoms with Gasteiger partial charge in [0.1, 0.15) is 96.0 Å². The molecule has 28 nitrogen and oxygen atoms in total. The number of nitriles is 2. The Morgan fingerprint density at radius 3 is 1.51 bits per heavy atom. The van der Waals surface area contributed by atoms with Crippen LogP contribution in [0.4, 0.5) is 11.6 Å². The Labute approximate surface area is 510 Å². The maximum Gasteiger partial charge on any atom is 0.459 e. The maximum atomic E-state index is 14.2. The Balaban J connectivity index is 0.000000249. The van der Waals surface area contributed by atoms with Gasteiger partial charge in [0.15, 0.2) is 17.4 Å². The van der Waals surface area contributed by atoms with Crippen molar-refractivity contribution in [1.29, 1.82) is 10.5 Å². The molecule has 6 aromatic rings. The van der Waals surface area contributed by atoms with E-state index >= 15 is 0 Å². The fourth-order valence-corrected chi connectivity index (χ4v) is 13.1. The molecule has 0 unspecified atom stereocenters. The van der Waals surface area contributed by atoms with E-state index in [-0.39, 0.29) is 67.9 Å². The molecular formula is C58H78N12O16P2. The smallest absolute Gasteiger partial charge is 0.459 e. The van der Waals surface area contributed by atoms with Crippen molar-refractivity contribution in [2.45, 2.75) is 154 Å². The number of ether oxygens (including phenoxy) is 6. The standard InChI is InChI=1S/C30H39N6O8P.C27H35N6O8P.CH4/c1-6-20(7-2)15-39-28(37)19(3)35-45(38,44-21-11-9-8-10-12-21)40-16-23-25-26(43-29(4,5)42-25)30(17-31,41-23)24-14-13-22-27(32)33-18-34-36(22)24;1-4-18(5-2)13-38-26(36)17(3)32-42(37,41-19-9-7-6-8-10-19)39-14-21-23(34)24(35)27(15-28,40-21)22-12-11-20-25(29)30-16-31-33(20)22;/h8-14,18-20,23,25-26H,6-7,15-16H2,1-5H3,(H,35,38)(H2,32,33,34);6-12,16-18,21,23-24,34-35H,4-5,13-14H2,1-3H3,(H,32,37)(H2,29,30,31);1H4/t19-,23+,25+,26+,30-,45-;17-,21+,23+,24+,27-,42-;/m00./s1. The van der Waals surface area contributed by atoms with Gasteiger partial charge in [0, 0.05) is 0 Å². The average molecular weight is 1260 g/mol. The number of rotatable bonds is 26. The molecule has 0 spiro atoms. The van der Waals surface area contributed by atoms with E-state index in [1.165, 1.54) is 41.6 Å². The van der Waals surface area contributed by atoms with Crippen molar-refractivity contribution in [1.82, 2.24) is 39.4 Å². The van der Waals surface area contributed by atoms with Crippen LogP contribution in [-0.2, 0) is 67.4 Å². The molecule has 0 bridgehead atoms. The predicted octanol–water partition coefficient (Wildman–Crippen LogP) is 7.06. The maximum absolute atomic E-state index is 14.2. The average Bonchev–Trinajstić information content (AvgIpc) is 1.96. The number of aliphatic hydroxyl groups excluding tert-OH is 2. The zero-order valence-electron chi connectivity index (χ0n) is 49.4. The molecule has 0 aliphatic carbocycles. The van der Waals surface area contributed by atoms with Crippen molar-refractivity contribution in [3.05, 3.63) is 109 Å². The van der Waals surface area contributed by atoms with Gasteiger partial charge in [-0.05, 0) is 88.1 Å². The number of nitrogens with two attached hydrogens (primary N) is 2. The Bertz CT molecular complexity index is 3510. The van der Waals surface area contributed by atoms with Gasteiger partial charge in [-0.2, -0.15) is 30.9 Å². The lowest BCUT2D eigenvalue weighted by Gasteiger charge is -2.29. The third-order valence-corrected chi connectivity index (χ3v) is 18.4. The van der Waals surface area contributed by atoms with E-state index in [1.54, 1.807) is 92.7 Å². The summed E-state index contributed by atoms with van der Waals surface area (Å²) < 4.78 is 89.4. The summed E-state index contributed by atoms with van der Waals surface area (Å²) in [7, 11) is -8.56. The largest absolute Gasteiger partial charge is 0.464 e. The van der Waals surface area contributed by atoms with Gasteiger partial charge < -0.3 is 59.1 Å². The van der Waals surface area contributed by atoms with Crippen molar-refractivity contribution < 1.29 is 75.4 Å². The Morgan fingerprint density at radius 2 is 1.08 bits per heavy atom. The van der Waals surface area contributed by atoms with Crippen LogP contribution in [0.15, 0.2) is 97.6 Å². The quantitative estimate of drug-likeness (QED) is 0.0234. The highest BCUT2D eigenvalue weighted by Crippen LogP contribution is 2.52. The third kappa shape index (κ3) is 14.9. The minimum atomic E-state index is -4.32. The number of nitrogens with zero attached hydrogens (tertiary/aromatic N) is 8. The molecule has 3 saturated heterocycles. The van der Waals surface area contributed by atoms with Crippen LogP contribution >= 0.6 is 15.5 Å². The first-order chi connectivity index (χ1) is 41.5. The summed E-state index contributed by atoms with van der Waals surface area (Å²) in [6, 6.07) is 25.0. The Morgan fingerprint density at radius 1 is 0.659 bits per heavy atom. The molecule has 30 heteroatoms. The first-order valence-electron chi connectivity index (χ1n) is 28.5. The van der Waals surface area contributed by atoms with Gasteiger partial charge in [-0.15, -0.1) is 0 Å². The second-order valence-electron chi connectivity index (χ2n) is 21.5. The number of aromatic nitrogens is 6. The van der Waals surface area contributed by atoms with E-state index in [0.29, 0.717) is 16.7 Å². The van der Waals surface area contributed by atoms with Crippen LogP contribution in [0, 0.1) is 34.5 Å². The van der Waals surface area contributed by atoms with E-state index in [2.05, 4.69) is 36.4 Å². The van der Waals surface area contributed by atoms with Gasteiger partial charge in [0.05, 0.1) is 37.8 Å². The van der Waals surface area contributed by atoms with Crippen LogP contribution in [0.1, 0.15) is 99.9 Å². The molecule has 12 atom stereocenters. The number of hydrogen-bond acceptors (Lipinski definition) is 24. The van der Waals surface area contributed by atoms with Crippen LogP contribution in [0.25, 0.3) is 11.0 Å². The van der Waals surface area contributed by atoms with Crippen molar-refractivity contribution in [3.8, 4) is 23.6 Å². The number of carbonyl (C=O) groups is 2. The lowest BCUT2D eigenvalue weighted by Crippen LogP contribution is -2.41. The molecule has 7 heterocycles. The number of anilines is 2. The second-order valence-corrected chi connectivity index (χ2v) is 24.9. The Hall–Kier alpha value is -7.14. The predicted molar refractivity (Wildman–Crippen MR) is 318 cm³/mol. The van der Waals surface area contributed by atoms with Crippen LogP contribution < -0.4 is 30.7 Å². The molecule has 4 aromatic heterocycles. The monoisotopic (exact) mass is 1260 g/mol. The normalized spacial score (nSPS) is 24.8. The Kier molecular flexibility index (Phi) is 22.5. The van der Waals surface area contributed by atoms with Crippen LogP contribution in [0.5, 0.6) is 11.5 Å². The van der Waals surface area contributed by atoms with Crippen LogP contribution in [0.2, 0.25) is 0 Å². The number of carbonyl (C=O) groups excluding carboxylic acids is 2. The second kappa shape index (κ2) is 29.0. The van der Waals surface area contributed by atoms with Gasteiger partial charge in [-0.1, -0.05) is 97.2 Å². The first-order valence-corrected chi connectivity index (χ1v) is 31.5. The van der Waals surface area contributed by atoms with Crippen molar-refractivity contribution in [2.75, 3.05) is 37.9 Å². The summed E-state index contributed by atoms with van der Waals surface area (Å²) in [6.07, 6.45) is -1.54. The lowest BCUT2D eigenvalue weighted by atomic mass is 9.92. The van der Waals surface area contributed by atoms with E-state index < -0.39 is 99.7 Å². The van der Waals surface area contributed by atoms with Gasteiger partial charge in [-0.25, -0.2) is 28.1 Å². The molecule has 3 aliphatic heterocycles. The molecular weight excluding hydrogens is 1180 g/mol. The van der Waals surface area contributed by atoms with E-state index in [9.17, 15) is 39.5 Å². The number of esters is 2. The molecule has 3 fully saturated rings. The molecule has 0 amide bonds. The number of aliphatic hydroxyl groups is 2. The highest BCUT2D eigenvalue weighted by atomic mass is 31.2. The molecule has 0 saturated carbocycles. The zero-order valence-corrected chi connectivity index (χ0v) is 51.2. The van der Waals surface area contributed by atoms with Gasteiger partial charge in [0.2, 0.25) is 11.2 Å². The fraction of sp³-hybridized carbons (Fsp3) is 0.517. The molecule has 0 radical (unpaired) electrons. The number of fused-ring (bicyclic) bond motifs is 3. The number of benzene rings is 2. The molecule has 3 aliphatic rings. The van der Waals surface area contributed by atoms with Gasteiger partial charge in [-0.3, -0.25) is 18.6 Å². The summed E-state index contributed by atoms with van der Waals surface area (Å²) in [6.45, 7) is 14.0. The van der Waals surface area contributed by atoms with Crippen LogP contribution in [-0.4, -0.2) is 132 Å². The molecule has 88 heavy (non-hydrogen) atoms. The van der Waals surface area contributed by atoms with Crippen molar-refractivity contribution >= 4 is 50.1 Å². The summed E-state index contributed by atoms with van der Waals surface area (Å²) in [5, 5.41) is 56.3. The lowest BCUT2D eigenvalue weighted by molar-refractivity contribution is -0.204. The third-order valence-electron chi connectivity index (χ3n) is 15.1. The number of para-hydroxylation sites is 2. The SMILES string of the molecule is C.CCC(CC)COC(=O)[C@H](C)N[P@](=O)(OC[C@H]1O[C@@](C#N)(c2ccc3c(N)ncnn23)[C@@H]2OC(C)(C)O[C@@H]21)Oc1ccccc1.CCC(CC)COC(=O)[C@H](C)N[P@](=O)(OC[C@H]1O[C@@](C#N)(c2ccc3c(N)ncnn23)[C@H](O)[C@@H]1O)Oc1ccccc1. The van der Waals surface area contributed by atoms with Crippen LogP contribution in [0.3, 0.4) is 0 Å². The first kappa shape index (κ1) is 68.4. The minimum Gasteiger partial charge on any atom is -0.464 e. The minimum absolute atomic E-state index is 0. The zero-order chi connectivity index (χ0) is 62.9.